The molecule has 0 saturated carbocycles. The number of esters is 1. The van der Waals surface area contributed by atoms with Crippen molar-refractivity contribution in [3.63, 3.8) is 0 Å². The standard InChI is InChI=1S/C26H15N3O7/c30-26-22(27-25(36-26)19-8-7-17-3-1-2-4-18(17)14-19)13-16-5-10-21(11-6-16)35-24-12-9-20(28(31)32)15-23(24)29(33)34/h1-15H/b22-13-. The van der Waals surface area contributed by atoms with Gasteiger partial charge >= 0.3 is 11.7 Å². The number of fused-ring (bicyclic) bond motifs is 1. The minimum absolute atomic E-state index is 0.123. The van der Waals surface area contributed by atoms with Gasteiger partial charge in [0.15, 0.2) is 5.70 Å². The Bertz CT molecular complexity index is 1610. The Hall–Kier alpha value is -5.38. The van der Waals surface area contributed by atoms with E-state index in [1.54, 1.807) is 30.3 Å². The summed E-state index contributed by atoms with van der Waals surface area (Å²) >= 11 is 0. The zero-order chi connectivity index (χ0) is 25.2. The maximum Gasteiger partial charge on any atom is 0.363 e. The second-order valence-corrected chi connectivity index (χ2v) is 7.74. The summed E-state index contributed by atoms with van der Waals surface area (Å²) in [4.78, 5) is 37.4. The summed E-state index contributed by atoms with van der Waals surface area (Å²) in [5.74, 6) is -0.244. The summed E-state index contributed by atoms with van der Waals surface area (Å²) in [5.41, 5.74) is 0.482. The van der Waals surface area contributed by atoms with Gasteiger partial charge in [0.05, 0.1) is 15.9 Å². The SMILES string of the molecule is O=C1OC(c2ccc3ccccc3c2)=N/C1=C\c1ccc(Oc2ccc([N+](=O)[O-])cc2[N+](=O)[O-])cc1. The van der Waals surface area contributed by atoms with Crippen molar-refractivity contribution in [3.8, 4) is 11.5 Å². The topological polar surface area (TPSA) is 134 Å². The monoisotopic (exact) mass is 481 g/mol. The lowest BCUT2D eigenvalue weighted by Crippen LogP contribution is -2.05. The number of cyclic esters (lactones) is 1. The van der Waals surface area contributed by atoms with E-state index in [0.29, 0.717) is 11.1 Å². The molecule has 0 aromatic heterocycles. The van der Waals surface area contributed by atoms with Crippen molar-refractivity contribution < 1.29 is 24.1 Å². The van der Waals surface area contributed by atoms with Crippen LogP contribution in [0.2, 0.25) is 0 Å². The van der Waals surface area contributed by atoms with E-state index in [0.717, 1.165) is 22.9 Å². The Morgan fingerprint density at radius 1 is 0.833 bits per heavy atom. The van der Waals surface area contributed by atoms with E-state index in [4.69, 9.17) is 9.47 Å². The third-order valence-corrected chi connectivity index (χ3v) is 5.38. The van der Waals surface area contributed by atoms with Gasteiger partial charge in [-0.2, -0.15) is 0 Å². The lowest BCUT2D eigenvalue weighted by Gasteiger charge is -2.06. The molecule has 0 amide bonds. The molecule has 176 valence electrons. The van der Waals surface area contributed by atoms with Crippen LogP contribution in [-0.2, 0) is 9.53 Å². The number of carbonyl (C=O) groups is 1. The fourth-order valence-corrected chi connectivity index (χ4v) is 3.62. The van der Waals surface area contributed by atoms with Gasteiger partial charge in [0.25, 0.3) is 5.69 Å². The van der Waals surface area contributed by atoms with E-state index in [1.807, 2.05) is 42.5 Å². The van der Waals surface area contributed by atoms with Gasteiger partial charge in [0.2, 0.25) is 11.6 Å². The number of hydrogen-bond acceptors (Lipinski definition) is 8. The molecule has 0 unspecified atom stereocenters. The van der Waals surface area contributed by atoms with Crippen molar-refractivity contribution in [1.29, 1.82) is 0 Å². The van der Waals surface area contributed by atoms with Gasteiger partial charge in [-0.05, 0) is 52.7 Å². The summed E-state index contributed by atoms with van der Waals surface area (Å²) < 4.78 is 10.9. The number of aliphatic imine (C=N–C) groups is 1. The van der Waals surface area contributed by atoms with E-state index >= 15 is 0 Å². The third-order valence-electron chi connectivity index (χ3n) is 5.38. The van der Waals surface area contributed by atoms with Crippen LogP contribution in [0.15, 0.2) is 95.6 Å². The molecule has 5 rings (SSSR count). The summed E-state index contributed by atoms with van der Waals surface area (Å²) in [5, 5.41) is 24.2. The number of benzene rings is 4. The zero-order valence-corrected chi connectivity index (χ0v) is 18.4. The first-order valence-corrected chi connectivity index (χ1v) is 10.6. The molecule has 0 saturated heterocycles. The second kappa shape index (κ2) is 9.11. The van der Waals surface area contributed by atoms with Gasteiger partial charge in [0.1, 0.15) is 5.75 Å². The second-order valence-electron chi connectivity index (χ2n) is 7.74. The largest absolute Gasteiger partial charge is 0.450 e. The predicted octanol–water partition coefficient (Wildman–Crippen LogP) is 5.79. The maximum absolute atomic E-state index is 12.4. The fourth-order valence-electron chi connectivity index (χ4n) is 3.62. The molecular weight excluding hydrogens is 466 g/mol. The van der Waals surface area contributed by atoms with Crippen LogP contribution in [-0.4, -0.2) is 21.7 Å². The predicted molar refractivity (Wildman–Crippen MR) is 131 cm³/mol. The minimum Gasteiger partial charge on any atom is -0.450 e. The van der Waals surface area contributed by atoms with Gasteiger partial charge in [-0.3, -0.25) is 20.2 Å². The highest BCUT2D eigenvalue weighted by Crippen LogP contribution is 2.34. The van der Waals surface area contributed by atoms with Crippen LogP contribution in [0.1, 0.15) is 11.1 Å². The zero-order valence-electron chi connectivity index (χ0n) is 18.4. The van der Waals surface area contributed by atoms with Crippen LogP contribution < -0.4 is 4.74 Å². The van der Waals surface area contributed by atoms with Gasteiger partial charge in [0, 0.05) is 11.6 Å². The Morgan fingerprint density at radius 3 is 2.31 bits per heavy atom. The molecule has 0 atom stereocenters. The Labute approximate surface area is 203 Å². The molecule has 0 aliphatic carbocycles. The van der Waals surface area contributed by atoms with Gasteiger partial charge < -0.3 is 9.47 Å². The van der Waals surface area contributed by atoms with Crippen LogP contribution in [0.3, 0.4) is 0 Å². The lowest BCUT2D eigenvalue weighted by atomic mass is 10.1. The molecule has 0 fully saturated rings. The first kappa shape index (κ1) is 22.4. The molecule has 10 nitrogen and oxygen atoms in total. The van der Waals surface area contributed by atoms with E-state index in [9.17, 15) is 25.0 Å². The molecule has 4 aromatic rings. The number of ether oxygens (including phenoxy) is 2. The van der Waals surface area contributed by atoms with E-state index in [1.165, 1.54) is 6.07 Å². The highest BCUT2D eigenvalue weighted by atomic mass is 16.6. The van der Waals surface area contributed by atoms with Crippen LogP contribution in [0, 0.1) is 20.2 Å². The summed E-state index contributed by atoms with van der Waals surface area (Å²) in [6.07, 6.45) is 1.55. The molecule has 1 aliphatic rings. The maximum atomic E-state index is 12.4. The number of hydrogen-bond donors (Lipinski definition) is 0. The molecule has 1 aliphatic heterocycles. The van der Waals surface area contributed by atoms with Crippen LogP contribution in [0.25, 0.3) is 16.8 Å². The van der Waals surface area contributed by atoms with Gasteiger partial charge in [-0.1, -0.05) is 42.5 Å². The summed E-state index contributed by atoms with van der Waals surface area (Å²) in [6.45, 7) is 0. The molecule has 0 radical (unpaired) electrons. The molecule has 4 aromatic carbocycles. The Balaban J connectivity index is 1.36. The first-order valence-electron chi connectivity index (χ1n) is 10.6. The van der Waals surface area contributed by atoms with Crippen molar-refractivity contribution in [3.05, 3.63) is 122 Å². The minimum atomic E-state index is -0.752. The number of carbonyl (C=O) groups excluding carboxylic acids is 1. The van der Waals surface area contributed by atoms with Crippen LogP contribution in [0.5, 0.6) is 11.5 Å². The number of nitrogens with zero attached hydrogens (tertiary/aromatic N) is 3. The van der Waals surface area contributed by atoms with Crippen molar-refractivity contribution in [2.75, 3.05) is 0 Å². The van der Waals surface area contributed by atoms with E-state index < -0.39 is 27.2 Å². The number of rotatable bonds is 6. The average molecular weight is 481 g/mol. The molecule has 0 bridgehead atoms. The molecule has 36 heavy (non-hydrogen) atoms. The normalized spacial score (nSPS) is 13.9. The first-order chi connectivity index (χ1) is 17.4. The molecule has 1 heterocycles. The van der Waals surface area contributed by atoms with Crippen molar-refractivity contribution in [1.82, 2.24) is 0 Å². The highest BCUT2D eigenvalue weighted by Gasteiger charge is 2.24. The summed E-state index contributed by atoms with van der Waals surface area (Å²) in [7, 11) is 0. The number of nitro benzene ring substituents is 2. The lowest BCUT2D eigenvalue weighted by molar-refractivity contribution is -0.394. The third kappa shape index (κ3) is 4.50. The van der Waals surface area contributed by atoms with Crippen molar-refractivity contribution >= 4 is 40.1 Å². The van der Waals surface area contributed by atoms with E-state index in [-0.39, 0.29) is 23.1 Å². The average Bonchev–Trinajstić information content (AvgIpc) is 3.24. The molecule has 0 spiro atoms. The Kier molecular flexibility index (Phi) is 5.67. The number of non-ortho nitro benzene ring substituents is 1. The molecule has 10 heteroatoms. The van der Waals surface area contributed by atoms with E-state index in [2.05, 4.69) is 4.99 Å². The highest BCUT2D eigenvalue weighted by molar-refractivity contribution is 6.13. The number of nitro groups is 2. The quantitative estimate of drug-likeness (QED) is 0.147. The van der Waals surface area contributed by atoms with Gasteiger partial charge in [-0.15, -0.1) is 0 Å². The fraction of sp³-hybridized carbons (Fsp3) is 0. The van der Waals surface area contributed by atoms with Crippen molar-refractivity contribution in [2.24, 2.45) is 4.99 Å². The molecule has 0 N–H and O–H groups in total. The Morgan fingerprint density at radius 2 is 1.58 bits per heavy atom. The van der Waals surface area contributed by atoms with Crippen LogP contribution >= 0.6 is 0 Å². The molecular formula is C26H15N3O7. The summed E-state index contributed by atoms with van der Waals surface area (Å²) in [6, 6.07) is 23.0. The smallest absolute Gasteiger partial charge is 0.363 e. The van der Waals surface area contributed by atoms with Crippen molar-refractivity contribution in [2.45, 2.75) is 0 Å². The van der Waals surface area contributed by atoms with Gasteiger partial charge in [-0.25, -0.2) is 9.79 Å². The van der Waals surface area contributed by atoms with Crippen LogP contribution in [0.4, 0.5) is 11.4 Å².